The third kappa shape index (κ3) is 2.36. The Morgan fingerprint density at radius 3 is 2.94 bits per heavy atom. The predicted octanol–water partition coefficient (Wildman–Crippen LogP) is 1.75. The fourth-order valence-electron chi connectivity index (χ4n) is 1.60. The zero-order valence-corrected chi connectivity index (χ0v) is 9.38. The maximum Gasteiger partial charge on any atom is 0.330 e. The minimum absolute atomic E-state index is 0.138. The van der Waals surface area contributed by atoms with Crippen molar-refractivity contribution in [3.8, 4) is 5.75 Å². The second kappa shape index (κ2) is 4.82. The van der Waals surface area contributed by atoms with Crippen molar-refractivity contribution in [2.75, 3.05) is 6.61 Å². The van der Waals surface area contributed by atoms with Gasteiger partial charge >= 0.3 is 5.97 Å². The average molecular weight is 232 g/mol. The number of Topliss-reactive ketones (excluding diaryl/α,β-unsaturated/α-hetero) is 1. The van der Waals surface area contributed by atoms with E-state index in [4.69, 9.17) is 9.47 Å². The summed E-state index contributed by atoms with van der Waals surface area (Å²) in [5.74, 6) is -0.0583. The second-order valence-electron chi connectivity index (χ2n) is 3.51. The van der Waals surface area contributed by atoms with Gasteiger partial charge < -0.3 is 9.47 Å². The molecular weight excluding hydrogens is 220 g/mol. The lowest BCUT2D eigenvalue weighted by Crippen LogP contribution is -2.17. The molecule has 0 aromatic heterocycles. The number of hydrogen-bond acceptors (Lipinski definition) is 4. The van der Waals surface area contributed by atoms with Crippen LogP contribution in [-0.4, -0.2) is 24.5 Å². The number of ether oxygens (including phenoxy) is 2. The van der Waals surface area contributed by atoms with Crippen molar-refractivity contribution < 1.29 is 19.1 Å². The smallest absolute Gasteiger partial charge is 0.330 e. The Bertz CT molecular complexity index is 476. The first-order chi connectivity index (χ1) is 8.22. The van der Waals surface area contributed by atoms with Gasteiger partial charge in [-0.3, -0.25) is 4.79 Å². The van der Waals surface area contributed by atoms with Crippen LogP contribution in [0.3, 0.4) is 0 Å². The van der Waals surface area contributed by atoms with E-state index < -0.39 is 12.1 Å². The average Bonchev–Trinajstić information content (AvgIpc) is 2.65. The van der Waals surface area contributed by atoms with E-state index >= 15 is 0 Å². The Kier molecular flexibility index (Phi) is 3.23. The third-order valence-corrected chi connectivity index (χ3v) is 2.36. The minimum Gasteiger partial charge on any atom is -0.477 e. The molecule has 0 aliphatic carbocycles. The van der Waals surface area contributed by atoms with Crippen LogP contribution in [0.2, 0.25) is 0 Å². The van der Waals surface area contributed by atoms with Gasteiger partial charge in [0, 0.05) is 6.08 Å². The van der Waals surface area contributed by atoms with Gasteiger partial charge in [-0.15, -0.1) is 0 Å². The molecule has 4 nitrogen and oxygen atoms in total. The van der Waals surface area contributed by atoms with Gasteiger partial charge in [0.25, 0.3) is 0 Å². The molecule has 4 heteroatoms. The quantitative estimate of drug-likeness (QED) is 0.588. The highest BCUT2D eigenvalue weighted by molar-refractivity contribution is 6.06. The lowest BCUT2D eigenvalue weighted by Gasteiger charge is -2.02. The predicted molar refractivity (Wildman–Crippen MR) is 61.0 cm³/mol. The van der Waals surface area contributed by atoms with Gasteiger partial charge in [-0.2, -0.15) is 0 Å². The summed E-state index contributed by atoms with van der Waals surface area (Å²) in [5, 5.41) is 0. The van der Waals surface area contributed by atoms with Crippen molar-refractivity contribution in [1.29, 1.82) is 0 Å². The number of benzene rings is 1. The van der Waals surface area contributed by atoms with E-state index in [1.165, 1.54) is 12.2 Å². The molecule has 0 bridgehead atoms. The fourth-order valence-corrected chi connectivity index (χ4v) is 1.60. The van der Waals surface area contributed by atoms with Gasteiger partial charge in [-0.1, -0.05) is 12.1 Å². The molecule has 17 heavy (non-hydrogen) atoms. The summed E-state index contributed by atoms with van der Waals surface area (Å²) >= 11 is 0. The molecule has 1 aromatic carbocycles. The zero-order valence-electron chi connectivity index (χ0n) is 9.38. The number of carbonyl (C=O) groups is 2. The van der Waals surface area contributed by atoms with Gasteiger partial charge in [-0.05, 0) is 25.1 Å². The number of esters is 1. The van der Waals surface area contributed by atoms with Crippen LogP contribution in [0.15, 0.2) is 36.4 Å². The first-order valence-corrected chi connectivity index (χ1v) is 5.37. The summed E-state index contributed by atoms with van der Waals surface area (Å²) in [5.41, 5.74) is 0.547. The Morgan fingerprint density at radius 1 is 1.47 bits per heavy atom. The standard InChI is InChI=1S/C13H12O4/c1-2-16-12(14)8-7-11-13(15)9-5-3-4-6-10(9)17-11/h3-8,11H,2H2,1H3/b8-7+. The lowest BCUT2D eigenvalue weighted by molar-refractivity contribution is -0.137. The van der Waals surface area contributed by atoms with Crippen LogP contribution in [0.4, 0.5) is 0 Å². The van der Waals surface area contributed by atoms with Crippen LogP contribution in [-0.2, 0) is 9.53 Å². The van der Waals surface area contributed by atoms with Crippen molar-refractivity contribution in [3.05, 3.63) is 42.0 Å². The molecule has 0 N–H and O–H groups in total. The summed E-state index contributed by atoms with van der Waals surface area (Å²) in [6.45, 7) is 2.03. The molecule has 1 unspecified atom stereocenters. The van der Waals surface area contributed by atoms with Crippen molar-refractivity contribution in [2.45, 2.75) is 13.0 Å². The van der Waals surface area contributed by atoms with Gasteiger partial charge in [0.1, 0.15) is 5.75 Å². The maximum atomic E-state index is 11.8. The van der Waals surface area contributed by atoms with E-state index in [0.717, 1.165) is 0 Å². The normalized spacial score (nSPS) is 17.9. The van der Waals surface area contributed by atoms with E-state index in [9.17, 15) is 9.59 Å². The molecule has 1 heterocycles. The van der Waals surface area contributed by atoms with Gasteiger partial charge in [0.15, 0.2) is 6.10 Å². The molecule has 1 aromatic rings. The van der Waals surface area contributed by atoms with E-state index in [2.05, 4.69) is 0 Å². The Hall–Kier alpha value is -2.10. The first kappa shape index (κ1) is 11.4. The first-order valence-electron chi connectivity index (χ1n) is 5.37. The molecule has 0 fully saturated rings. The van der Waals surface area contributed by atoms with Crippen molar-refractivity contribution in [1.82, 2.24) is 0 Å². The Labute approximate surface area is 98.8 Å². The lowest BCUT2D eigenvalue weighted by atomic mass is 10.1. The minimum atomic E-state index is -0.725. The van der Waals surface area contributed by atoms with Gasteiger partial charge in [0.2, 0.25) is 5.78 Å². The summed E-state index contributed by atoms with van der Waals surface area (Å²) in [6.07, 6.45) is 1.91. The molecule has 1 atom stereocenters. The van der Waals surface area contributed by atoms with Crippen molar-refractivity contribution in [2.24, 2.45) is 0 Å². The number of hydrogen-bond donors (Lipinski definition) is 0. The van der Waals surface area contributed by atoms with Crippen LogP contribution < -0.4 is 4.74 Å². The molecule has 1 aliphatic heterocycles. The molecule has 0 saturated heterocycles. The molecule has 0 radical (unpaired) electrons. The highest BCUT2D eigenvalue weighted by Crippen LogP contribution is 2.28. The largest absolute Gasteiger partial charge is 0.477 e. The topological polar surface area (TPSA) is 52.6 Å². The summed E-state index contributed by atoms with van der Waals surface area (Å²) in [6, 6.07) is 7.00. The summed E-state index contributed by atoms with van der Waals surface area (Å²) in [4.78, 5) is 22.9. The number of ketones is 1. The van der Waals surface area contributed by atoms with Crippen LogP contribution in [0, 0.1) is 0 Å². The SMILES string of the molecule is CCOC(=O)/C=C/C1Oc2ccccc2C1=O. The molecule has 88 valence electrons. The van der Waals surface area contributed by atoms with Crippen LogP contribution in [0.1, 0.15) is 17.3 Å². The molecule has 0 saturated carbocycles. The van der Waals surface area contributed by atoms with E-state index in [-0.39, 0.29) is 5.78 Å². The fraction of sp³-hybridized carbons (Fsp3) is 0.231. The second-order valence-corrected chi connectivity index (χ2v) is 3.51. The number of rotatable bonds is 3. The van der Waals surface area contributed by atoms with E-state index in [1.54, 1.807) is 31.2 Å². The third-order valence-electron chi connectivity index (χ3n) is 2.36. The van der Waals surface area contributed by atoms with Gasteiger partial charge in [-0.25, -0.2) is 4.79 Å². The molecule has 0 amide bonds. The maximum absolute atomic E-state index is 11.8. The molecule has 1 aliphatic rings. The number of para-hydroxylation sites is 1. The van der Waals surface area contributed by atoms with Crippen LogP contribution >= 0.6 is 0 Å². The highest BCUT2D eigenvalue weighted by atomic mass is 16.5. The Balaban J connectivity index is 2.08. The molecule has 0 spiro atoms. The zero-order chi connectivity index (χ0) is 12.3. The summed E-state index contributed by atoms with van der Waals surface area (Å²) in [7, 11) is 0. The molecular formula is C13H12O4. The number of carbonyl (C=O) groups excluding carboxylic acids is 2. The number of fused-ring (bicyclic) bond motifs is 1. The van der Waals surface area contributed by atoms with Crippen molar-refractivity contribution in [3.63, 3.8) is 0 Å². The highest BCUT2D eigenvalue weighted by Gasteiger charge is 2.29. The Morgan fingerprint density at radius 2 is 2.24 bits per heavy atom. The van der Waals surface area contributed by atoms with Crippen LogP contribution in [0.25, 0.3) is 0 Å². The monoisotopic (exact) mass is 232 g/mol. The summed E-state index contributed by atoms with van der Waals surface area (Å²) < 4.78 is 10.1. The van der Waals surface area contributed by atoms with E-state index in [1.807, 2.05) is 0 Å². The molecule has 2 rings (SSSR count). The van der Waals surface area contributed by atoms with E-state index in [0.29, 0.717) is 17.9 Å². The van der Waals surface area contributed by atoms with Crippen LogP contribution in [0.5, 0.6) is 5.75 Å². The van der Waals surface area contributed by atoms with Crippen molar-refractivity contribution >= 4 is 11.8 Å². The van der Waals surface area contributed by atoms with Gasteiger partial charge in [0.05, 0.1) is 12.2 Å².